The fourth-order valence-electron chi connectivity index (χ4n) is 2.75. The standard InChI is InChI=1S/C16H20ClN3OS/c17-12-2-3-14-13(9-12)20-16(22-14)6-8-19-15(21)4-1-11-5-7-18-10-11/h2-3,9,11,18H,1,4-8,10H2,(H,19,21). The number of carbonyl (C=O) groups is 1. The van der Waals surface area contributed by atoms with Gasteiger partial charge in [-0.05, 0) is 50.0 Å². The van der Waals surface area contributed by atoms with Crippen molar-refractivity contribution in [2.75, 3.05) is 19.6 Å². The second-order valence-corrected chi connectivity index (χ2v) is 7.27. The van der Waals surface area contributed by atoms with E-state index < -0.39 is 0 Å². The lowest BCUT2D eigenvalue weighted by atomic mass is 10.0. The van der Waals surface area contributed by atoms with Crippen molar-refractivity contribution >= 4 is 39.1 Å². The second-order valence-electron chi connectivity index (χ2n) is 5.72. The highest BCUT2D eigenvalue weighted by Gasteiger charge is 2.15. The van der Waals surface area contributed by atoms with E-state index in [9.17, 15) is 4.79 Å². The molecule has 0 spiro atoms. The molecule has 2 heterocycles. The lowest BCUT2D eigenvalue weighted by molar-refractivity contribution is -0.121. The molecule has 1 unspecified atom stereocenters. The minimum Gasteiger partial charge on any atom is -0.356 e. The SMILES string of the molecule is O=C(CCC1CCNC1)NCCc1nc2cc(Cl)ccc2s1. The molecule has 1 atom stereocenters. The van der Waals surface area contributed by atoms with Crippen LogP contribution in [0.15, 0.2) is 18.2 Å². The Morgan fingerprint density at radius 1 is 1.50 bits per heavy atom. The molecule has 0 aliphatic carbocycles. The Labute approximate surface area is 139 Å². The molecule has 118 valence electrons. The summed E-state index contributed by atoms with van der Waals surface area (Å²) in [6.07, 6.45) is 3.58. The summed E-state index contributed by atoms with van der Waals surface area (Å²) in [5.74, 6) is 0.816. The third kappa shape index (κ3) is 4.18. The first-order chi connectivity index (χ1) is 10.7. The maximum Gasteiger partial charge on any atom is 0.220 e. The summed E-state index contributed by atoms with van der Waals surface area (Å²) >= 11 is 7.63. The second kappa shape index (κ2) is 7.40. The minimum atomic E-state index is 0.149. The first-order valence-corrected chi connectivity index (χ1v) is 8.92. The molecule has 1 aliphatic rings. The van der Waals surface area contributed by atoms with Gasteiger partial charge in [0, 0.05) is 24.4 Å². The first-order valence-electron chi connectivity index (χ1n) is 7.73. The number of aromatic nitrogens is 1. The van der Waals surface area contributed by atoms with Crippen LogP contribution in [0.4, 0.5) is 0 Å². The van der Waals surface area contributed by atoms with Gasteiger partial charge in [-0.2, -0.15) is 0 Å². The molecule has 4 nitrogen and oxygen atoms in total. The Hall–Kier alpha value is -1.17. The summed E-state index contributed by atoms with van der Waals surface area (Å²) in [5, 5.41) is 8.07. The van der Waals surface area contributed by atoms with Crippen molar-refractivity contribution in [3.8, 4) is 0 Å². The summed E-state index contributed by atoms with van der Waals surface area (Å²) in [5.41, 5.74) is 0.938. The number of hydrogen-bond acceptors (Lipinski definition) is 4. The van der Waals surface area contributed by atoms with Crippen LogP contribution in [0.1, 0.15) is 24.3 Å². The number of thiazole rings is 1. The van der Waals surface area contributed by atoms with Gasteiger partial charge in [-0.3, -0.25) is 4.79 Å². The Morgan fingerprint density at radius 3 is 3.23 bits per heavy atom. The first kappa shape index (κ1) is 15.7. The molecule has 1 aromatic heterocycles. The van der Waals surface area contributed by atoms with E-state index in [1.807, 2.05) is 18.2 Å². The molecule has 6 heteroatoms. The molecule has 0 saturated carbocycles. The maximum atomic E-state index is 11.8. The van der Waals surface area contributed by atoms with Gasteiger partial charge >= 0.3 is 0 Å². The fourth-order valence-corrected chi connectivity index (χ4v) is 3.86. The molecule has 2 aromatic rings. The van der Waals surface area contributed by atoms with Crippen LogP contribution in [0, 0.1) is 5.92 Å². The van der Waals surface area contributed by atoms with Crippen LogP contribution in [0.3, 0.4) is 0 Å². The molecule has 1 saturated heterocycles. The molecule has 1 amide bonds. The third-order valence-electron chi connectivity index (χ3n) is 4.00. The average molecular weight is 338 g/mol. The predicted molar refractivity (Wildman–Crippen MR) is 91.6 cm³/mol. The molecule has 2 N–H and O–H groups in total. The van der Waals surface area contributed by atoms with Crippen molar-refractivity contribution < 1.29 is 4.79 Å². The van der Waals surface area contributed by atoms with Crippen LogP contribution >= 0.6 is 22.9 Å². The van der Waals surface area contributed by atoms with Gasteiger partial charge in [0.05, 0.1) is 15.2 Å². The van der Waals surface area contributed by atoms with Crippen molar-refractivity contribution in [3.05, 3.63) is 28.2 Å². The Kier molecular flexibility index (Phi) is 5.28. The minimum absolute atomic E-state index is 0.149. The van der Waals surface area contributed by atoms with E-state index >= 15 is 0 Å². The Balaban J connectivity index is 1.42. The van der Waals surface area contributed by atoms with E-state index in [4.69, 9.17) is 11.6 Å². The number of hydrogen-bond donors (Lipinski definition) is 2. The number of fused-ring (bicyclic) bond motifs is 1. The van der Waals surface area contributed by atoms with Crippen molar-refractivity contribution in [1.82, 2.24) is 15.6 Å². The maximum absolute atomic E-state index is 11.8. The number of rotatable bonds is 6. The normalized spacial score (nSPS) is 18.0. The smallest absolute Gasteiger partial charge is 0.220 e. The molecular formula is C16H20ClN3OS. The summed E-state index contributed by atoms with van der Waals surface area (Å²) in [6.45, 7) is 2.80. The molecule has 1 aromatic carbocycles. The van der Waals surface area contributed by atoms with Gasteiger partial charge in [-0.25, -0.2) is 4.98 Å². The highest BCUT2D eigenvalue weighted by atomic mass is 35.5. The van der Waals surface area contributed by atoms with Crippen LogP contribution in [0.25, 0.3) is 10.2 Å². The van der Waals surface area contributed by atoms with Crippen LogP contribution in [0.5, 0.6) is 0 Å². The zero-order chi connectivity index (χ0) is 15.4. The lowest BCUT2D eigenvalue weighted by Gasteiger charge is -2.08. The third-order valence-corrected chi connectivity index (χ3v) is 5.33. The van der Waals surface area contributed by atoms with Gasteiger partial charge in [-0.15, -0.1) is 11.3 Å². The number of nitrogens with zero attached hydrogens (tertiary/aromatic N) is 1. The summed E-state index contributed by atoms with van der Waals surface area (Å²) in [7, 11) is 0. The van der Waals surface area contributed by atoms with E-state index in [-0.39, 0.29) is 5.91 Å². The number of nitrogens with one attached hydrogen (secondary N) is 2. The van der Waals surface area contributed by atoms with Crippen LogP contribution in [-0.2, 0) is 11.2 Å². The molecule has 0 bridgehead atoms. The molecular weight excluding hydrogens is 318 g/mol. The van der Waals surface area contributed by atoms with Crippen molar-refractivity contribution in [1.29, 1.82) is 0 Å². The Bertz CT molecular complexity index is 652. The van der Waals surface area contributed by atoms with Crippen LogP contribution in [-0.4, -0.2) is 30.5 Å². The molecule has 3 rings (SSSR count). The summed E-state index contributed by atoms with van der Waals surface area (Å²) in [4.78, 5) is 16.4. The zero-order valence-corrected chi connectivity index (χ0v) is 14.0. The quantitative estimate of drug-likeness (QED) is 0.852. The van der Waals surface area contributed by atoms with E-state index in [0.29, 0.717) is 23.9 Å². The van der Waals surface area contributed by atoms with Gasteiger partial charge in [0.2, 0.25) is 5.91 Å². The largest absolute Gasteiger partial charge is 0.356 e. The number of halogens is 1. The van der Waals surface area contributed by atoms with Crippen molar-refractivity contribution in [3.63, 3.8) is 0 Å². The number of benzene rings is 1. The average Bonchev–Trinajstić information content (AvgIpc) is 3.13. The lowest BCUT2D eigenvalue weighted by Crippen LogP contribution is -2.26. The highest BCUT2D eigenvalue weighted by Crippen LogP contribution is 2.25. The topological polar surface area (TPSA) is 54.0 Å². The van der Waals surface area contributed by atoms with Gasteiger partial charge in [0.1, 0.15) is 0 Å². The molecule has 22 heavy (non-hydrogen) atoms. The Morgan fingerprint density at radius 2 is 2.41 bits per heavy atom. The fraction of sp³-hybridized carbons (Fsp3) is 0.500. The van der Waals surface area contributed by atoms with Crippen LogP contribution in [0.2, 0.25) is 5.02 Å². The monoisotopic (exact) mass is 337 g/mol. The zero-order valence-electron chi connectivity index (χ0n) is 12.4. The predicted octanol–water partition coefficient (Wildman–Crippen LogP) is 3.00. The molecule has 1 aliphatic heterocycles. The molecule has 1 fully saturated rings. The van der Waals surface area contributed by atoms with Crippen molar-refractivity contribution in [2.24, 2.45) is 5.92 Å². The van der Waals surface area contributed by atoms with Gasteiger partial charge in [-0.1, -0.05) is 11.6 Å². The van der Waals surface area contributed by atoms with E-state index in [1.165, 1.54) is 6.42 Å². The van der Waals surface area contributed by atoms with Gasteiger partial charge in [0.15, 0.2) is 0 Å². The van der Waals surface area contributed by atoms with E-state index in [1.54, 1.807) is 11.3 Å². The summed E-state index contributed by atoms with van der Waals surface area (Å²) in [6, 6.07) is 5.75. The number of carbonyl (C=O) groups excluding carboxylic acids is 1. The van der Waals surface area contributed by atoms with Gasteiger partial charge < -0.3 is 10.6 Å². The van der Waals surface area contributed by atoms with Gasteiger partial charge in [0.25, 0.3) is 0 Å². The van der Waals surface area contributed by atoms with E-state index in [0.717, 1.165) is 41.2 Å². The highest BCUT2D eigenvalue weighted by molar-refractivity contribution is 7.18. The number of amides is 1. The van der Waals surface area contributed by atoms with Crippen molar-refractivity contribution in [2.45, 2.75) is 25.7 Å². The van der Waals surface area contributed by atoms with Crippen LogP contribution < -0.4 is 10.6 Å². The summed E-state index contributed by atoms with van der Waals surface area (Å²) < 4.78 is 1.14. The van der Waals surface area contributed by atoms with E-state index in [2.05, 4.69) is 15.6 Å². The molecule has 0 radical (unpaired) electrons.